The molecule has 0 aliphatic heterocycles. The number of carbonyl (C=O) groups is 2. The van der Waals surface area contributed by atoms with Gasteiger partial charge in [-0.2, -0.15) is 0 Å². The lowest BCUT2D eigenvalue weighted by atomic mass is 10.0. The monoisotopic (exact) mass is 659 g/mol. The molecule has 0 unspecified atom stereocenters. The van der Waals surface area contributed by atoms with Crippen molar-refractivity contribution in [3.8, 4) is 5.75 Å². The van der Waals surface area contributed by atoms with E-state index in [0.717, 1.165) is 41.1 Å². The van der Waals surface area contributed by atoms with Crippen LogP contribution < -0.4 is 14.4 Å². The Morgan fingerprint density at radius 2 is 1.52 bits per heavy atom. The molecule has 46 heavy (non-hydrogen) atoms. The van der Waals surface area contributed by atoms with E-state index in [9.17, 15) is 18.0 Å². The molecule has 5 rings (SSSR count). The van der Waals surface area contributed by atoms with Gasteiger partial charge in [-0.25, -0.2) is 8.42 Å². The number of methoxy groups -OCH3 is 1. The lowest BCUT2D eigenvalue weighted by Crippen LogP contribution is -2.54. The van der Waals surface area contributed by atoms with E-state index in [-0.39, 0.29) is 35.5 Å². The van der Waals surface area contributed by atoms with E-state index in [2.05, 4.69) is 5.32 Å². The van der Waals surface area contributed by atoms with E-state index in [1.807, 2.05) is 48.5 Å². The molecule has 0 bridgehead atoms. The third kappa shape index (κ3) is 8.27. The highest BCUT2D eigenvalue weighted by atomic mass is 35.5. The fraction of sp³-hybridized carbons (Fsp3) is 0.278. The van der Waals surface area contributed by atoms with Crippen molar-refractivity contribution < 1.29 is 22.7 Å². The molecule has 1 N–H and O–H groups in total. The molecule has 1 fully saturated rings. The first-order valence-electron chi connectivity index (χ1n) is 15.3. The van der Waals surface area contributed by atoms with Gasteiger partial charge >= 0.3 is 0 Å². The number of sulfonamides is 1. The number of rotatable bonds is 13. The van der Waals surface area contributed by atoms with Crippen molar-refractivity contribution in [1.29, 1.82) is 0 Å². The van der Waals surface area contributed by atoms with Gasteiger partial charge in [-0.05, 0) is 66.4 Å². The van der Waals surface area contributed by atoms with Gasteiger partial charge in [-0.3, -0.25) is 13.9 Å². The summed E-state index contributed by atoms with van der Waals surface area (Å²) in [5.74, 6) is -0.204. The van der Waals surface area contributed by atoms with Crippen LogP contribution in [0.25, 0.3) is 0 Å². The van der Waals surface area contributed by atoms with Crippen LogP contribution in [0.15, 0.2) is 114 Å². The predicted molar refractivity (Wildman–Crippen MR) is 180 cm³/mol. The van der Waals surface area contributed by atoms with Crippen LogP contribution in [0.1, 0.15) is 36.8 Å². The average Bonchev–Trinajstić information content (AvgIpc) is 3.59. The zero-order valence-corrected chi connectivity index (χ0v) is 27.3. The van der Waals surface area contributed by atoms with E-state index in [4.69, 9.17) is 16.3 Å². The molecule has 0 saturated heterocycles. The second-order valence-corrected chi connectivity index (χ2v) is 13.7. The summed E-state index contributed by atoms with van der Waals surface area (Å²) >= 11 is 6.30. The molecule has 0 aromatic heterocycles. The predicted octanol–water partition coefficient (Wildman–Crippen LogP) is 6.24. The maximum absolute atomic E-state index is 14.6. The van der Waals surface area contributed by atoms with Gasteiger partial charge in [-0.15, -0.1) is 0 Å². The van der Waals surface area contributed by atoms with E-state index >= 15 is 0 Å². The van der Waals surface area contributed by atoms with Crippen LogP contribution in [0.5, 0.6) is 5.75 Å². The molecule has 10 heteroatoms. The zero-order valence-electron chi connectivity index (χ0n) is 25.7. The number of hydrogen-bond donors (Lipinski definition) is 1. The number of anilines is 1. The molecule has 8 nitrogen and oxygen atoms in total. The first kappa shape index (κ1) is 33.0. The van der Waals surface area contributed by atoms with Crippen LogP contribution in [0.3, 0.4) is 0 Å². The van der Waals surface area contributed by atoms with E-state index in [1.165, 1.54) is 23.1 Å². The number of nitrogens with one attached hydrogen (secondary N) is 1. The van der Waals surface area contributed by atoms with Crippen LogP contribution >= 0.6 is 11.6 Å². The van der Waals surface area contributed by atoms with Gasteiger partial charge in [0.15, 0.2) is 0 Å². The highest BCUT2D eigenvalue weighted by molar-refractivity contribution is 7.92. The smallest absolute Gasteiger partial charge is 0.264 e. The van der Waals surface area contributed by atoms with Crippen molar-refractivity contribution >= 4 is 39.1 Å². The van der Waals surface area contributed by atoms with Crippen molar-refractivity contribution in [2.75, 3.05) is 18.0 Å². The highest BCUT2D eigenvalue weighted by Crippen LogP contribution is 2.28. The van der Waals surface area contributed by atoms with Crippen molar-refractivity contribution in [2.45, 2.75) is 55.6 Å². The van der Waals surface area contributed by atoms with Crippen LogP contribution in [0.4, 0.5) is 5.69 Å². The molecule has 4 aromatic rings. The summed E-state index contributed by atoms with van der Waals surface area (Å²) in [6.07, 6.45) is 4.08. The fourth-order valence-corrected chi connectivity index (χ4v) is 7.38. The summed E-state index contributed by atoms with van der Waals surface area (Å²) in [6.45, 7) is -0.496. The van der Waals surface area contributed by atoms with Crippen molar-refractivity contribution in [3.63, 3.8) is 0 Å². The Bertz CT molecular complexity index is 1730. The van der Waals surface area contributed by atoms with E-state index < -0.39 is 28.5 Å². The maximum atomic E-state index is 14.6. The van der Waals surface area contributed by atoms with Crippen molar-refractivity contribution in [2.24, 2.45) is 0 Å². The molecule has 1 aliphatic rings. The second kappa shape index (κ2) is 15.3. The largest absolute Gasteiger partial charge is 0.497 e. The number of hydrogen-bond acceptors (Lipinski definition) is 5. The van der Waals surface area contributed by atoms with Crippen LogP contribution in [-0.2, 0) is 32.6 Å². The number of ether oxygens (including phenoxy) is 1. The number of nitrogens with zero attached hydrogens (tertiary/aromatic N) is 2. The third-order valence-electron chi connectivity index (χ3n) is 8.17. The lowest BCUT2D eigenvalue weighted by molar-refractivity contribution is -0.140. The van der Waals surface area contributed by atoms with Gasteiger partial charge in [-0.1, -0.05) is 91.2 Å². The minimum absolute atomic E-state index is 0.0287. The molecular formula is C36H38ClN3O5S. The summed E-state index contributed by atoms with van der Waals surface area (Å²) < 4.78 is 34.7. The SMILES string of the molecule is COc1cccc(CN(C(=O)CN(c2cccc(Cl)c2)S(=O)(=O)c2ccccc2)[C@H](Cc2ccccc2)C(=O)NC2CCCC2)c1. The molecular weight excluding hydrogens is 622 g/mol. The fourth-order valence-electron chi connectivity index (χ4n) is 5.77. The van der Waals surface area contributed by atoms with Gasteiger partial charge in [0, 0.05) is 24.0 Å². The van der Waals surface area contributed by atoms with Crippen LogP contribution in [-0.4, -0.2) is 50.9 Å². The normalized spacial score (nSPS) is 14.0. The van der Waals surface area contributed by atoms with Gasteiger partial charge < -0.3 is 15.0 Å². The summed E-state index contributed by atoms with van der Waals surface area (Å²) in [5.41, 5.74) is 1.85. The molecule has 2 amide bonds. The van der Waals surface area contributed by atoms with Gasteiger partial charge in [0.1, 0.15) is 18.3 Å². The summed E-state index contributed by atoms with van der Waals surface area (Å²) in [7, 11) is -2.64. The lowest BCUT2D eigenvalue weighted by Gasteiger charge is -2.34. The van der Waals surface area contributed by atoms with Gasteiger partial charge in [0.2, 0.25) is 11.8 Å². The Hall–Kier alpha value is -4.34. The molecule has 1 saturated carbocycles. The quantitative estimate of drug-likeness (QED) is 0.183. The summed E-state index contributed by atoms with van der Waals surface area (Å²) in [6, 6.07) is 30.2. The number of amides is 2. The van der Waals surface area contributed by atoms with Crippen molar-refractivity contribution in [1.82, 2.24) is 10.2 Å². The topological polar surface area (TPSA) is 96.0 Å². The number of halogens is 1. The zero-order chi connectivity index (χ0) is 32.5. The molecule has 0 heterocycles. The number of benzene rings is 4. The Morgan fingerprint density at radius 1 is 0.870 bits per heavy atom. The summed E-state index contributed by atoms with van der Waals surface area (Å²) in [5, 5.41) is 3.51. The Labute approximate surface area is 276 Å². The molecule has 0 spiro atoms. The van der Waals surface area contributed by atoms with E-state index in [1.54, 1.807) is 49.6 Å². The Morgan fingerprint density at radius 3 is 2.20 bits per heavy atom. The minimum Gasteiger partial charge on any atom is -0.497 e. The first-order valence-corrected chi connectivity index (χ1v) is 17.2. The average molecular weight is 660 g/mol. The molecule has 0 radical (unpaired) electrons. The highest BCUT2D eigenvalue weighted by Gasteiger charge is 2.35. The number of carbonyl (C=O) groups excluding carboxylic acids is 2. The Kier molecular flexibility index (Phi) is 11.0. The van der Waals surface area contributed by atoms with Crippen molar-refractivity contribution in [3.05, 3.63) is 125 Å². The minimum atomic E-state index is -4.20. The van der Waals surface area contributed by atoms with Crippen LogP contribution in [0, 0.1) is 0 Å². The standard InChI is InChI=1S/C36H38ClN3O5S/c1-45-32-19-10-14-28(22-32)25-39(34(23-27-12-4-2-5-13-27)36(42)38-30-16-8-9-17-30)35(41)26-40(31-18-11-15-29(37)24-31)46(43,44)33-20-6-3-7-21-33/h2-7,10-15,18-22,24,30,34H,8-9,16-17,23,25-26H2,1H3,(H,38,42)/t34-/m1/s1. The Balaban J connectivity index is 1.57. The summed E-state index contributed by atoms with van der Waals surface area (Å²) in [4.78, 5) is 30.2. The molecule has 4 aromatic carbocycles. The molecule has 1 atom stereocenters. The van der Waals surface area contributed by atoms with Gasteiger partial charge in [0.25, 0.3) is 10.0 Å². The third-order valence-corrected chi connectivity index (χ3v) is 10.2. The second-order valence-electron chi connectivity index (χ2n) is 11.4. The van der Waals surface area contributed by atoms with Gasteiger partial charge in [0.05, 0.1) is 17.7 Å². The molecule has 240 valence electrons. The first-order chi connectivity index (χ1) is 22.2. The van der Waals surface area contributed by atoms with Crippen LogP contribution in [0.2, 0.25) is 5.02 Å². The van der Waals surface area contributed by atoms with E-state index in [0.29, 0.717) is 10.8 Å². The maximum Gasteiger partial charge on any atom is 0.264 e. The molecule has 1 aliphatic carbocycles.